The molecular weight excluding hydrogens is 152 g/mol. The van der Waals surface area contributed by atoms with E-state index in [0.717, 1.165) is 6.54 Å². The number of aliphatic hydroxyl groups excluding tert-OH is 1. The molecule has 1 aromatic heterocycles. The summed E-state index contributed by atoms with van der Waals surface area (Å²) >= 11 is 0. The van der Waals surface area contributed by atoms with Gasteiger partial charge < -0.3 is 15.0 Å². The molecule has 0 unspecified atom stereocenters. The minimum Gasteiger partial charge on any atom is -0.392 e. The molecule has 12 heavy (non-hydrogen) atoms. The normalized spacial score (nSPS) is 13.2. The number of aryl methyl sites for hydroxylation is 1. The molecule has 0 amide bonds. The maximum Gasteiger partial charge on any atom is 0.0636 e. The molecule has 3 nitrogen and oxygen atoms in total. The fourth-order valence-corrected chi connectivity index (χ4v) is 1.09. The van der Waals surface area contributed by atoms with E-state index in [1.54, 1.807) is 6.92 Å². The standard InChI is InChI=1S/C9H16N2O/c1-8(12)6-10-7-9-4-3-5-11(9)2/h3-5,8,10,12H,6-7H2,1-2H3/t8-/m0/s1. The Morgan fingerprint density at radius 1 is 1.67 bits per heavy atom. The first-order chi connectivity index (χ1) is 5.70. The number of nitrogens with one attached hydrogen (secondary N) is 1. The van der Waals surface area contributed by atoms with Crippen molar-refractivity contribution in [2.24, 2.45) is 7.05 Å². The molecule has 0 aliphatic carbocycles. The van der Waals surface area contributed by atoms with Crippen molar-refractivity contribution in [1.82, 2.24) is 9.88 Å². The Hall–Kier alpha value is -0.800. The second-order valence-electron chi connectivity index (χ2n) is 3.09. The van der Waals surface area contributed by atoms with E-state index in [9.17, 15) is 0 Å². The van der Waals surface area contributed by atoms with Crippen molar-refractivity contribution in [2.75, 3.05) is 6.54 Å². The van der Waals surface area contributed by atoms with Gasteiger partial charge in [-0.25, -0.2) is 0 Å². The Morgan fingerprint density at radius 3 is 2.92 bits per heavy atom. The molecule has 0 spiro atoms. The summed E-state index contributed by atoms with van der Waals surface area (Å²) in [4.78, 5) is 0. The van der Waals surface area contributed by atoms with Crippen molar-refractivity contribution in [3.05, 3.63) is 24.0 Å². The van der Waals surface area contributed by atoms with Crippen molar-refractivity contribution in [1.29, 1.82) is 0 Å². The monoisotopic (exact) mass is 168 g/mol. The highest BCUT2D eigenvalue weighted by Gasteiger charge is 1.97. The Labute approximate surface area is 73.0 Å². The van der Waals surface area contributed by atoms with Crippen molar-refractivity contribution in [3.63, 3.8) is 0 Å². The van der Waals surface area contributed by atoms with Crippen LogP contribution >= 0.6 is 0 Å². The largest absolute Gasteiger partial charge is 0.392 e. The maximum atomic E-state index is 8.98. The third-order valence-corrected chi connectivity index (χ3v) is 1.80. The highest BCUT2D eigenvalue weighted by Crippen LogP contribution is 1.97. The summed E-state index contributed by atoms with van der Waals surface area (Å²) in [6.07, 6.45) is 1.74. The molecule has 2 N–H and O–H groups in total. The third-order valence-electron chi connectivity index (χ3n) is 1.80. The lowest BCUT2D eigenvalue weighted by atomic mass is 10.4. The van der Waals surface area contributed by atoms with E-state index in [-0.39, 0.29) is 6.10 Å². The predicted octanol–water partition coefficient (Wildman–Crippen LogP) is 0.495. The molecule has 0 radical (unpaired) electrons. The van der Waals surface area contributed by atoms with Gasteiger partial charge in [0.1, 0.15) is 0 Å². The van der Waals surface area contributed by atoms with Gasteiger partial charge in [-0.15, -0.1) is 0 Å². The summed E-state index contributed by atoms with van der Waals surface area (Å²) in [7, 11) is 2.01. The molecule has 1 aromatic rings. The highest BCUT2D eigenvalue weighted by atomic mass is 16.3. The van der Waals surface area contributed by atoms with E-state index in [1.807, 2.05) is 19.3 Å². The number of nitrogens with zero attached hydrogens (tertiary/aromatic N) is 1. The first kappa shape index (κ1) is 9.29. The lowest BCUT2D eigenvalue weighted by molar-refractivity contribution is 0.190. The molecule has 0 saturated carbocycles. The van der Waals surface area contributed by atoms with E-state index in [1.165, 1.54) is 5.69 Å². The molecule has 0 bridgehead atoms. The van der Waals surface area contributed by atoms with Crippen LogP contribution in [-0.4, -0.2) is 22.3 Å². The minimum absolute atomic E-state index is 0.273. The fourth-order valence-electron chi connectivity index (χ4n) is 1.09. The van der Waals surface area contributed by atoms with Gasteiger partial charge in [0.25, 0.3) is 0 Å². The van der Waals surface area contributed by atoms with Gasteiger partial charge in [-0.2, -0.15) is 0 Å². The Balaban J connectivity index is 2.29. The van der Waals surface area contributed by atoms with Crippen LogP contribution in [0.1, 0.15) is 12.6 Å². The van der Waals surface area contributed by atoms with Gasteiger partial charge in [0, 0.05) is 32.0 Å². The smallest absolute Gasteiger partial charge is 0.0636 e. The number of hydrogen-bond donors (Lipinski definition) is 2. The number of hydrogen-bond acceptors (Lipinski definition) is 2. The van der Waals surface area contributed by atoms with Crippen LogP contribution in [-0.2, 0) is 13.6 Å². The average molecular weight is 168 g/mol. The summed E-state index contributed by atoms with van der Waals surface area (Å²) in [6, 6.07) is 4.08. The molecule has 68 valence electrons. The molecule has 0 aromatic carbocycles. The van der Waals surface area contributed by atoms with E-state index >= 15 is 0 Å². The van der Waals surface area contributed by atoms with Gasteiger partial charge in [0.05, 0.1) is 6.10 Å². The Bertz CT molecular complexity index is 230. The molecule has 1 rings (SSSR count). The maximum absolute atomic E-state index is 8.98. The quantitative estimate of drug-likeness (QED) is 0.686. The van der Waals surface area contributed by atoms with Crippen LogP contribution in [0.5, 0.6) is 0 Å². The molecule has 0 saturated heterocycles. The second-order valence-corrected chi connectivity index (χ2v) is 3.09. The average Bonchev–Trinajstić information content (AvgIpc) is 2.36. The zero-order valence-electron chi connectivity index (χ0n) is 7.62. The molecule has 0 fully saturated rings. The summed E-state index contributed by atoms with van der Waals surface area (Å²) in [5.74, 6) is 0. The van der Waals surface area contributed by atoms with Gasteiger partial charge in [-0.1, -0.05) is 0 Å². The van der Waals surface area contributed by atoms with Gasteiger partial charge in [-0.05, 0) is 19.1 Å². The Morgan fingerprint density at radius 2 is 2.42 bits per heavy atom. The second kappa shape index (κ2) is 4.28. The summed E-state index contributed by atoms with van der Waals surface area (Å²) in [6.45, 7) is 3.23. The first-order valence-corrected chi connectivity index (χ1v) is 4.19. The molecule has 0 aliphatic heterocycles. The van der Waals surface area contributed by atoms with E-state index in [0.29, 0.717) is 6.54 Å². The van der Waals surface area contributed by atoms with Crippen molar-refractivity contribution >= 4 is 0 Å². The van der Waals surface area contributed by atoms with Gasteiger partial charge in [0.15, 0.2) is 0 Å². The van der Waals surface area contributed by atoms with Crippen molar-refractivity contribution in [3.8, 4) is 0 Å². The topological polar surface area (TPSA) is 37.2 Å². The summed E-state index contributed by atoms with van der Waals surface area (Å²) in [5.41, 5.74) is 1.23. The highest BCUT2D eigenvalue weighted by molar-refractivity contribution is 5.05. The predicted molar refractivity (Wildman–Crippen MR) is 48.8 cm³/mol. The number of aliphatic hydroxyl groups is 1. The van der Waals surface area contributed by atoms with Gasteiger partial charge >= 0.3 is 0 Å². The molecular formula is C9H16N2O. The van der Waals surface area contributed by atoms with E-state index < -0.39 is 0 Å². The number of rotatable bonds is 4. The number of aromatic nitrogens is 1. The van der Waals surface area contributed by atoms with Crippen LogP contribution < -0.4 is 5.32 Å². The van der Waals surface area contributed by atoms with Crippen LogP contribution in [0.4, 0.5) is 0 Å². The van der Waals surface area contributed by atoms with Crippen molar-refractivity contribution in [2.45, 2.75) is 19.6 Å². The first-order valence-electron chi connectivity index (χ1n) is 4.19. The fraction of sp³-hybridized carbons (Fsp3) is 0.556. The lowest BCUT2D eigenvalue weighted by Crippen LogP contribution is -2.24. The zero-order chi connectivity index (χ0) is 8.97. The SMILES string of the molecule is C[C@H](O)CNCc1cccn1C. The lowest BCUT2D eigenvalue weighted by Gasteiger charge is -2.07. The van der Waals surface area contributed by atoms with E-state index in [2.05, 4.69) is 16.0 Å². The van der Waals surface area contributed by atoms with E-state index in [4.69, 9.17) is 5.11 Å². The molecule has 1 atom stereocenters. The summed E-state index contributed by atoms with van der Waals surface area (Å²) in [5, 5.41) is 12.1. The van der Waals surface area contributed by atoms with Crippen LogP contribution in [0.2, 0.25) is 0 Å². The molecule has 3 heteroatoms. The third kappa shape index (κ3) is 2.68. The zero-order valence-corrected chi connectivity index (χ0v) is 7.62. The van der Waals surface area contributed by atoms with Crippen LogP contribution in [0.3, 0.4) is 0 Å². The van der Waals surface area contributed by atoms with Crippen LogP contribution in [0.25, 0.3) is 0 Å². The van der Waals surface area contributed by atoms with Crippen molar-refractivity contribution < 1.29 is 5.11 Å². The molecule has 1 heterocycles. The minimum atomic E-state index is -0.273. The van der Waals surface area contributed by atoms with Gasteiger partial charge in [-0.3, -0.25) is 0 Å². The van der Waals surface area contributed by atoms with Crippen LogP contribution in [0.15, 0.2) is 18.3 Å². The summed E-state index contributed by atoms with van der Waals surface area (Å²) < 4.78 is 2.06. The Kier molecular flexibility index (Phi) is 3.31. The molecule has 0 aliphatic rings. The van der Waals surface area contributed by atoms with Crippen LogP contribution in [0, 0.1) is 0 Å². The van der Waals surface area contributed by atoms with Gasteiger partial charge in [0.2, 0.25) is 0 Å².